The average Bonchev–Trinajstić information content (AvgIpc) is 2.36. The highest BCUT2D eigenvalue weighted by atomic mass is 35.5. The fourth-order valence-corrected chi connectivity index (χ4v) is 2.21. The number of hydrogen-bond donors (Lipinski definition) is 0. The van der Waals surface area contributed by atoms with E-state index >= 15 is 0 Å². The standard InChI is InChI=1S/C16H16ClNO/c1-11-8-9-14(10-12(11)2)18(13(3)19)16-7-5-4-6-15(16)17/h4-10H,1-3H3. The van der Waals surface area contributed by atoms with E-state index in [1.54, 1.807) is 17.9 Å². The van der Waals surface area contributed by atoms with E-state index in [4.69, 9.17) is 11.6 Å². The van der Waals surface area contributed by atoms with Crippen molar-refractivity contribution in [1.82, 2.24) is 0 Å². The molecule has 0 N–H and O–H groups in total. The Labute approximate surface area is 118 Å². The van der Waals surface area contributed by atoms with Gasteiger partial charge in [0.1, 0.15) is 0 Å². The zero-order chi connectivity index (χ0) is 14.0. The van der Waals surface area contributed by atoms with Crippen LogP contribution in [0.5, 0.6) is 0 Å². The smallest absolute Gasteiger partial charge is 0.228 e. The van der Waals surface area contributed by atoms with Crippen LogP contribution >= 0.6 is 11.6 Å². The summed E-state index contributed by atoms with van der Waals surface area (Å²) >= 11 is 6.19. The lowest BCUT2D eigenvalue weighted by molar-refractivity contribution is -0.115. The van der Waals surface area contributed by atoms with Crippen LogP contribution in [0.25, 0.3) is 0 Å². The molecule has 0 fully saturated rings. The number of aryl methyl sites for hydroxylation is 2. The van der Waals surface area contributed by atoms with Crippen LogP contribution in [-0.4, -0.2) is 5.91 Å². The van der Waals surface area contributed by atoms with Gasteiger partial charge in [-0.25, -0.2) is 0 Å². The molecule has 2 aromatic rings. The van der Waals surface area contributed by atoms with Gasteiger partial charge >= 0.3 is 0 Å². The first-order valence-corrected chi connectivity index (χ1v) is 6.51. The Morgan fingerprint density at radius 3 is 2.32 bits per heavy atom. The molecular weight excluding hydrogens is 258 g/mol. The Bertz CT molecular complexity index is 622. The molecule has 98 valence electrons. The minimum absolute atomic E-state index is 0.0589. The van der Waals surface area contributed by atoms with Gasteiger partial charge < -0.3 is 0 Å². The van der Waals surface area contributed by atoms with Crippen molar-refractivity contribution in [1.29, 1.82) is 0 Å². The lowest BCUT2D eigenvalue weighted by atomic mass is 10.1. The lowest BCUT2D eigenvalue weighted by Gasteiger charge is -2.23. The summed E-state index contributed by atoms with van der Waals surface area (Å²) in [5, 5.41) is 0.566. The van der Waals surface area contributed by atoms with Crippen molar-refractivity contribution in [2.24, 2.45) is 0 Å². The molecule has 0 saturated carbocycles. The maximum Gasteiger partial charge on any atom is 0.228 e. The van der Waals surface area contributed by atoms with Crippen molar-refractivity contribution in [3.05, 3.63) is 58.6 Å². The van der Waals surface area contributed by atoms with Gasteiger partial charge in [-0.1, -0.05) is 29.8 Å². The second kappa shape index (κ2) is 5.45. The number of benzene rings is 2. The third-order valence-electron chi connectivity index (χ3n) is 3.16. The van der Waals surface area contributed by atoms with Gasteiger partial charge in [0.2, 0.25) is 5.91 Å². The molecule has 1 amide bonds. The van der Waals surface area contributed by atoms with Crippen LogP contribution < -0.4 is 4.90 Å². The highest BCUT2D eigenvalue weighted by Gasteiger charge is 2.16. The quantitative estimate of drug-likeness (QED) is 0.780. The molecule has 2 aromatic carbocycles. The summed E-state index contributed by atoms with van der Waals surface area (Å²) in [6.07, 6.45) is 0. The Kier molecular flexibility index (Phi) is 3.91. The van der Waals surface area contributed by atoms with Gasteiger partial charge in [-0.2, -0.15) is 0 Å². The zero-order valence-corrected chi connectivity index (χ0v) is 12.0. The van der Waals surface area contributed by atoms with E-state index in [0.29, 0.717) is 10.7 Å². The fourth-order valence-electron chi connectivity index (χ4n) is 1.99. The zero-order valence-electron chi connectivity index (χ0n) is 11.3. The minimum atomic E-state index is -0.0589. The van der Waals surface area contributed by atoms with Gasteiger partial charge in [-0.3, -0.25) is 9.69 Å². The largest absolute Gasteiger partial charge is 0.280 e. The normalized spacial score (nSPS) is 10.3. The van der Waals surface area contributed by atoms with E-state index in [0.717, 1.165) is 11.3 Å². The van der Waals surface area contributed by atoms with Crippen LogP contribution in [0, 0.1) is 13.8 Å². The molecule has 0 unspecified atom stereocenters. The first-order valence-electron chi connectivity index (χ1n) is 6.13. The summed E-state index contributed by atoms with van der Waals surface area (Å²) in [4.78, 5) is 13.6. The highest BCUT2D eigenvalue weighted by Crippen LogP contribution is 2.32. The third kappa shape index (κ3) is 2.79. The number of nitrogens with zero attached hydrogens (tertiary/aromatic N) is 1. The molecule has 2 nitrogen and oxygen atoms in total. The lowest BCUT2D eigenvalue weighted by Crippen LogP contribution is -2.23. The molecule has 0 spiro atoms. The van der Waals surface area contributed by atoms with Crippen LogP contribution in [0.4, 0.5) is 11.4 Å². The number of para-hydroxylation sites is 1. The van der Waals surface area contributed by atoms with Crippen LogP contribution in [0.2, 0.25) is 5.02 Å². The predicted molar refractivity (Wildman–Crippen MR) is 80.2 cm³/mol. The maximum absolute atomic E-state index is 12.0. The van der Waals surface area contributed by atoms with Gasteiger partial charge in [0.05, 0.1) is 10.7 Å². The predicted octanol–water partition coefficient (Wildman–Crippen LogP) is 4.64. The number of amides is 1. The van der Waals surface area contributed by atoms with E-state index in [2.05, 4.69) is 0 Å². The average molecular weight is 274 g/mol. The van der Waals surface area contributed by atoms with Crippen LogP contribution in [0.1, 0.15) is 18.1 Å². The highest BCUT2D eigenvalue weighted by molar-refractivity contribution is 6.34. The van der Waals surface area contributed by atoms with Gasteiger partial charge in [-0.15, -0.1) is 0 Å². The van der Waals surface area contributed by atoms with Crippen molar-refractivity contribution in [3.63, 3.8) is 0 Å². The Morgan fingerprint density at radius 2 is 1.74 bits per heavy atom. The molecular formula is C16H16ClNO. The molecule has 2 rings (SSSR count). The molecule has 0 saturated heterocycles. The summed E-state index contributed by atoms with van der Waals surface area (Å²) in [7, 11) is 0. The number of halogens is 1. The molecule has 0 atom stereocenters. The third-order valence-corrected chi connectivity index (χ3v) is 3.48. The first-order chi connectivity index (χ1) is 9.00. The van der Waals surface area contributed by atoms with Crippen molar-refractivity contribution in [2.75, 3.05) is 4.90 Å². The fraction of sp³-hybridized carbons (Fsp3) is 0.188. The number of carbonyl (C=O) groups excluding carboxylic acids is 1. The number of hydrogen-bond acceptors (Lipinski definition) is 1. The molecule has 0 radical (unpaired) electrons. The summed E-state index contributed by atoms with van der Waals surface area (Å²) in [5.41, 5.74) is 3.89. The van der Waals surface area contributed by atoms with E-state index in [9.17, 15) is 4.79 Å². The SMILES string of the molecule is CC(=O)N(c1ccc(C)c(C)c1)c1ccccc1Cl. The van der Waals surface area contributed by atoms with Crippen molar-refractivity contribution in [2.45, 2.75) is 20.8 Å². The number of carbonyl (C=O) groups is 1. The first kappa shape index (κ1) is 13.6. The van der Waals surface area contributed by atoms with Crippen molar-refractivity contribution < 1.29 is 4.79 Å². The molecule has 0 heterocycles. The van der Waals surface area contributed by atoms with Gasteiger partial charge in [0, 0.05) is 12.6 Å². The number of rotatable bonds is 2. The van der Waals surface area contributed by atoms with E-state index in [1.165, 1.54) is 5.56 Å². The monoisotopic (exact) mass is 273 g/mol. The Morgan fingerprint density at radius 1 is 1.05 bits per heavy atom. The molecule has 3 heteroatoms. The van der Waals surface area contributed by atoms with E-state index in [1.807, 2.05) is 50.2 Å². The molecule has 0 aliphatic rings. The summed E-state index contributed by atoms with van der Waals surface area (Å²) < 4.78 is 0. The Balaban J connectivity index is 2.55. The molecule has 0 aromatic heterocycles. The maximum atomic E-state index is 12.0. The summed E-state index contributed by atoms with van der Waals surface area (Å²) in [5.74, 6) is -0.0589. The van der Waals surface area contributed by atoms with Crippen molar-refractivity contribution in [3.8, 4) is 0 Å². The molecule has 0 aliphatic heterocycles. The van der Waals surface area contributed by atoms with Gasteiger partial charge in [-0.05, 0) is 49.2 Å². The van der Waals surface area contributed by atoms with Crippen molar-refractivity contribution >= 4 is 28.9 Å². The number of anilines is 2. The second-order valence-corrected chi connectivity index (χ2v) is 4.98. The second-order valence-electron chi connectivity index (χ2n) is 4.57. The van der Waals surface area contributed by atoms with E-state index < -0.39 is 0 Å². The molecule has 0 aliphatic carbocycles. The molecule has 19 heavy (non-hydrogen) atoms. The topological polar surface area (TPSA) is 20.3 Å². The summed E-state index contributed by atoms with van der Waals surface area (Å²) in [6.45, 7) is 5.62. The summed E-state index contributed by atoms with van der Waals surface area (Å²) in [6, 6.07) is 13.3. The Hall–Kier alpha value is -1.80. The van der Waals surface area contributed by atoms with E-state index in [-0.39, 0.29) is 5.91 Å². The van der Waals surface area contributed by atoms with Crippen LogP contribution in [0.3, 0.4) is 0 Å². The van der Waals surface area contributed by atoms with Crippen LogP contribution in [0.15, 0.2) is 42.5 Å². The van der Waals surface area contributed by atoms with Crippen LogP contribution in [-0.2, 0) is 4.79 Å². The van der Waals surface area contributed by atoms with Gasteiger partial charge in [0.15, 0.2) is 0 Å². The minimum Gasteiger partial charge on any atom is -0.280 e. The molecule has 0 bridgehead atoms. The van der Waals surface area contributed by atoms with Gasteiger partial charge in [0.25, 0.3) is 0 Å².